The van der Waals surface area contributed by atoms with Gasteiger partial charge in [0.2, 0.25) is 0 Å². The van der Waals surface area contributed by atoms with Crippen molar-refractivity contribution < 1.29 is 0 Å². The summed E-state index contributed by atoms with van der Waals surface area (Å²) in [6.45, 7) is 6.31. The molecule has 0 aliphatic rings. The lowest BCUT2D eigenvalue weighted by molar-refractivity contribution is 1.34. The fraction of sp³-hybridized carbons (Fsp3) is 0.235. The van der Waals surface area contributed by atoms with Crippen molar-refractivity contribution in [1.82, 2.24) is 0 Å². The van der Waals surface area contributed by atoms with Crippen LogP contribution in [0.25, 0.3) is 11.1 Å². The highest BCUT2D eigenvalue weighted by Crippen LogP contribution is 2.30. The smallest absolute Gasteiger partial charge is 0.192 e. The van der Waals surface area contributed by atoms with Crippen LogP contribution in [0.4, 0.5) is 5.69 Å². The van der Waals surface area contributed by atoms with E-state index in [2.05, 4.69) is 67.5 Å². The molecule has 2 aromatic rings. The fourth-order valence-electron chi connectivity index (χ4n) is 2.12. The Labute approximate surface area is 120 Å². The summed E-state index contributed by atoms with van der Waals surface area (Å²) in [6, 6.07) is 12.8. The number of anilines is 1. The molecule has 3 nitrogen and oxygen atoms in total. The molecule has 0 radical (unpaired) electrons. The van der Waals surface area contributed by atoms with E-state index in [1.54, 1.807) is 7.05 Å². The van der Waals surface area contributed by atoms with Crippen LogP contribution in [0.15, 0.2) is 41.4 Å². The Bertz CT molecular complexity index is 657. The first-order valence-corrected chi connectivity index (χ1v) is 6.69. The summed E-state index contributed by atoms with van der Waals surface area (Å²) in [5.74, 6) is 0.417. The number of hydrogen-bond acceptors (Lipinski definition) is 1. The zero-order valence-electron chi connectivity index (χ0n) is 12.5. The van der Waals surface area contributed by atoms with Crippen LogP contribution in [0.2, 0.25) is 0 Å². The number of aryl methyl sites for hydroxylation is 3. The lowest BCUT2D eigenvalue weighted by atomic mass is 9.98. The van der Waals surface area contributed by atoms with Crippen molar-refractivity contribution in [2.24, 2.45) is 10.7 Å². The largest absolute Gasteiger partial charge is 0.370 e. The number of nitrogens with zero attached hydrogens (tertiary/aromatic N) is 1. The Hall–Kier alpha value is -2.29. The maximum absolute atomic E-state index is 5.79. The van der Waals surface area contributed by atoms with E-state index in [1.807, 2.05) is 0 Å². The number of rotatable bonds is 2. The van der Waals surface area contributed by atoms with Crippen LogP contribution in [0.1, 0.15) is 16.7 Å². The van der Waals surface area contributed by atoms with E-state index in [4.69, 9.17) is 5.73 Å². The first kappa shape index (κ1) is 14.1. The Kier molecular flexibility index (Phi) is 4.08. The molecule has 0 aliphatic heterocycles. The maximum atomic E-state index is 5.79. The van der Waals surface area contributed by atoms with Crippen molar-refractivity contribution >= 4 is 11.6 Å². The molecule has 3 N–H and O–H groups in total. The van der Waals surface area contributed by atoms with Gasteiger partial charge in [-0.2, -0.15) is 0 Å². The van der Waals surface area contributed by atoms with Crippen LogP contribution >= 0.6 is 0 Å². The highest BCUT2D eigenvalue weighted by molar-refractivity contribution is 5.96. The van der Waals surface area contributed by atoms with Gasteiger partial charge in [0.1, 0.15) is 0 Å². The molecule has 0 bridgehead atoms. The zero-order valence-corrected chi connectivity index (χ0v) is 12.5. The van der Waals surface area contributed by atoms with Crippen LogP contribution in [0.5, 0.6) is 0 Å². The van der Waals surface area contributed by atoms with E-state index in [0.717, 1.165) is 11.3 Å². The molecule has 0 fully saturated rings. The number of guanidine groups is 1. The van der Waals surface area contributed by atoms with Crippen molar-refractivity contribution in [2.75, 3.05) is 12.4 Å². The summed E-state index contributed by atoms with van der Waals surface area (Å²) in [4.78, 5) is 3.96. The summed E-state index contributed by atoms with van der Waals surface area (Å²) in [5.41, 5.74) is 12.9. The molecule has 104 valence electrons. The van der Waals surface area contributed by atoms with Crippen molar-refractivity contribution in [1.29, 1.82) is 0 Å². The van der Waals surface area contributed by atoms with Gasteiger partial charge in [-0.3, -0.25) is 4.99 Å². The zero-order chi connectivity index (χ0) is 14.7. The van der Waals surface area contributed by atoms with Crippen LogP contribution in [0.3, 0.4) is 0 Å². The number of nitrogens with one attached hydrogen (secondary N) is 1. The summed E-state index contributed by atoms with van der Waals surface area (Å²) in [7, 11) is 1.67. The fourth-order valence-corrected chi connectivity index (χ4v) is 2.12. The monoisotopic (exact) mass is 267 g/mol. The Morgan fingerprint density at radius 2 is 1.75 bits per heavy atom. The van der Waals surface area contributed by atoms with Gasteiger partial charge in [0, 0.05) is 18.3 Å². The summed E-state index contributed by atoms with van der Waals surface area (Å²) in [5, 5.41) is 3.16. The second-order valence-electron chi connectivity index (χ2n) is 5.08. The SMILES string of the molecule is CN=C(N)Nc1cc(C)ccc1-c1ccc(C)c(C)c1. The van der Waals surface area contributed by atoms with Crippen molar-refractivity contribution in [2.45, 2.75) is 20.8 Å². The van der Waals surface area contributed by atoms with Gasteiger partial charge in [-0.1, -0.05) is 30.3 Å². The van der Waals surface area contributed by atoms with E-state index in [0.29, 0.717) is 5.96 Å². The molecule has 2 rings (SSSR count). The molecule has 3 heteroatoms. The number of aliphatic imine (C=N–C) groups is 1. The molecule has 0 saturated heterocycles. The highest BCUT2D eigenvalue weighted by Gasteiger charge is 2.07. The minimum absolute atomic E-state index is 0.417. The number of hydrogen-bond donors (Lipinski definition) is 2. The molecule has 0 aromatic heterocycles. The molecular weight excluding hydrogens is 246 g/mol. The van der Waals surface area contributed by atoms with Crippen molar-refractivity contribution in [3.8, 4) is 11.1 Å². The molecule has 0 spiro atoms. The van der Waals surface area contributed by atoms with Crippen LogP contribution in [-0.2, 0) is 0 Å². The first-order chi connectivity index (χ1) is 9.51. The Morgan fingerprint density at radius 3 is 2.40 bits per heavy atom. The first-order valence-electron chi connectivity index (χ1n) is 6.69. The van der Waals surface area contributed by atoms with Gasteiger partial charge < -0.3 is 11.1 Å². The molecule has 0 saturated carbocycles. The third kappa shape index (κ3) is 2.99. The highest BCUT2D eigenvalue weighted by atomic mass is 15.1. The number of nitrogens with two attached hydrogens (primary N) is 1. The third-order valence-electron chi connectivity index (χ3n) is 3.50. The predicted molar refractivity (Wildman–Crippen MR) is 87.3 cm³/mol. The second-order valence-corrected chi connectivity index (χ2v) is 5.08. The van der Waals surface area contributed by atoms with Crippen LogP contribution in [-0.4, -0.2) is 13.0 Å². The topological polar surface area (TPSA) is 50.4 Å². The van der Waals surface area contributed by atoms with Gasteiger partial charge in [0.05, 0.1) is 0 Å². The van der Waals surface area contributed by atoms with Crippen LogP contribution < -0.4 is 11.1 Å². The van der Waals surface area contributed by atoms with Gasteiger partial charge in [-0.15, -0.1) is 0 Å². The molecule has 0 heterocycles. The molecule has 2 aromatic carbocycles. The van der Waals surface area contributed by atoms with E-state index < -0.39 is 0 Å². The molecular formula is C17H21N3. The van der Waals surface area contributed by atoms with Crippen molar-refractivity contribution in [3.05, 3.63) is 53.1 Å². The molecule has 0 unspecified atom stereocenters. The minimum atomic E-state index is 0.417. The predicted octanol–water partition coefficient (Wildman–Crippen LogP) is 3.64. The standard InChI is InChI=1S/C17H21N3/c1-11-5-8-15(16(9-11)20-17(18)19-4)14-7-6-12(2)13(3)10-14/h5-10H,1-4H3,(H3,18,19,20). The normalized spacial score (nSPS) is 11.5. The van der Waals surface area contributed by atoms with Gasteiger partial charge in [-0.05, 0) is 49.1 Å². The van der Waals surface area contributed by atoms with Crippen molar-refractivity contribution in [3.63, 3.8) is 0 Å². The van der Waals surface area contributed by atoms with Gasteiger partial charge >= 0.3 is 0 Å². The third-order valence-corrected chi connectivity index (χ3v) is 3.50. The second kappa shape index (κ2) is 5.78. The van der Waals surface area contributed by atoms with E-state index in [9.17, 15) is 0 Å². The molecule has 20 heavy (non-hydrogen) atoms. The lowest BCUT2D eigenvalue weighted by Crippen LogP contribution is -2.22. The van der Waals surface area contributed by atoms with Crippen LogP contribution in [0, 0.1) is 20.8 Å². The van der Waals surface area contributed by atoms with Gasteiger partial charge in [-0.25, -0.2) is 0 Å². The molecule has 0 aliphatic carbocycles. The molecule has 0 atom stereocenters. The molecule has 0 amide bonds. The average Bonchev–Trinajstić information content (AvgIpc) is 2.42. The Morgan fingerprint density at radius 1 is 1.00 bits per heavy atom. The van der Waals surface area contributed by atoms with E-state index in [1.165, 1.54) is 22.3 Å². The summed E-state index contributed by atoms with van der Waals surface area (Å²) >= 11 is 0. The summed E-state index contributed by atoms with van der Waals surface area (Å²) in [6.07, 6.45) is 0. The van der Waals surface area contributed by atoms with E-state index >= 15 is 0 Å². The summed E-state index contributed by atoms with van der Waals surface area (Å²) < 4.78 is 0. The van der Waals surface area contributed by atoms with Gasteiger partial charge in [0.25, 0.3) is 0 Å². The minimum Gasteiger partial charge on any atom is -0.370 e. The number of benzene rings is 2. The van der Waals surface area contributed by atoms with Gasteiger partial charge in [0.15, 0.2) is 5.96 Å². The van der Waals surface area contributed by atoms with E-state index in [-0.39, 0.29) is 0 Å². The Balaban J connectivity index is 2.52. The quantitative estimate of drug-likeness (QED) is 0.644. The maximum Gasteiger partial charge on any atom is 0.192 e. The lowest BCUT2D eigenvalue weighted by Gasteiger charge is -2.14. The average molecular weight is 267 g/mol.